The monoisotopic (exact) mass is 649 g/mol. The topological polar surface area (TPSA) is 125 Å². The summed E-state index contributed by atoms with van der Waals surface area (Å²) in [4.78, 5) is 41.6. The lowest BCUT2D eigenvalue weighted by Crippen LogP contribution is -2.41. The van der Waals surface area contributed by atoms with Gasteiger partial charge in [0.25, 0.3) is 17.4 Å². The molecule has 0 bridgehead atoms. The molecule has 220 valence electrons. The number of halogens is 1. The summed E-state index contributed by atoms with van der Waals surface area (Å²) in [5.41, 5.74) is 6.24. The number of fused-ring (bicyclic) bond motifs is 3. The van der Waals surface area contributed by atoms with Gasteiger partial charge in [-0.15, -0.1) is 0 Å². The zero-order chi connectivity index (χ0) is 31.0. The molecule has 0 atom stereocenters. The summed E-state index contributed by atoms with van der Waals surface area (Å²) in [7, 11) is 1.57. The second kappa shape index (κ2) is 11.8. The van der Waals surface area contributed by atoms with Crippen molar-refractivity contribution in [1.82, 2.24) is 24.4 Å². The first-order chi connectivity index (χ1) is 21.3. The number of hydrogen-bond acceptors (Lipinski definition) is 6. The Kier molecular flexibility index (Phi) is 7.76. The number of aryl methyl sites for hydroxylation is 1. The van der Waals surface area contributed by atoms with Gasteiger partial charge in [-0.2, -0.15) is 10.4 Å². The maximum Gasteiger partial charge on any atom is 0.261 e. The molecule has 3 aromatic carbocycles. The first-order valence-electron chi connectivity index (χ1n) is 14.0. The molecule has 0 aliphatic carbocycles. The maximum absolute atomic E-state index is 14.2. The summed E-state index contributed by atoms with van der Waals surface area (Å²) < 4.78 is 3.96. The highest BCUT2D eigenvalue weighted by Gasteiger charge is 2.29. The van der Waals surface area contributed by atoms with Crippen LogP contribution in [-0.2, 0) is 19.5 Å². The van der Waals surface area contributed by atoms with Gasteiger partial charge in [-0.1, -0.05) is 29.8 Å². The van der Waals surface area contributed by atoms with Crippen LogP contribution in [0.2, 0.25) is 0 Å². The third kappa shape index (κ3) is 5.24. The van der Waals surface area contributed by atoms with Gasteiger partial charge in [0.15, 0.2) is 5.65 Å². The van der Waals surface area contributed by atoms with Crippen LogP contribution in [0.3, 0.4) is 0 Å². The second-order valence-corrected chi connectivity index (χ2v) is 11.5. The van der Waals surface area contributed by atoms with Crippen LogP contribution in [0.5, 0.6) is 0 Å². The van der Waals surface area contributed by atoms with Crippen LogP contribution in [0.15, 0.2) is 82.2 Å². The fraction of sp³-hybridized carbons (Fsp3) is 0.182. The molecule has 3 heterocycles. The predicted molar refractivity (Wildman–Crippen MR) is 170 cm³/mol. The third-order valence-electron chi connectivity index (χ3n) is 7.83. The van der Waals surface area contributed by atoms with E-state index in [4.69, 9.17) is 5.10 Å². The van der Waals surface area contributed by atoms with E-state index in [-0.39, 0.29) is 23.9 Å². The zero-order valence-corrected chi connectivity index (χ0v) is 25.7. The Bertz CT molecular complexity index is 2020. The fourth-order valence-electron chi connectivity index (χ4n) is 5.43. The van der Waals surface area contributed by atoms with Crippen LogP contribution in [-0.4, -0.2) is 44.5 Å². The van der Waals surface area contributed by atoms with E-state index in [1.165, 1.54) is 0 Å². The molecule has 0 spiro atoms. The summed E-state index contributed by atoms with van der Waals surface area (Å²) in [6, 6.07) is 22.1. The van der Waals surface area contributed by atoms with E-state index in [9.17, 15) is 19.6 Å². The van der Waals surface area contributed by atoms with Crippen LogP contribution in [0.25, 0.3) is 11.3 Å². The van der Waals surface area contributed by atoms with Crippen molar-refractivity contribution in [3.63, 3.8) is 0 Å². The Balaban J connectivity index is 1.44. The average molecular weight is 651 g/mol. The van der Waals surface area contributed by atoms with Gasteiger partial charge in [0.05, 0.1) is 35.4 Å². The molecule has 11 heteroatoms. The van der Waals surface area contributed by atoms with Gasteiger partial charge in [0, 0.05) is 41.3 Å². The van der Waals surface area contributed by atoms with Gasteiger partial charge >= 0.3 is 0 Å². The van der Waals surface area contributed by atoms with Crippen molar-refractivity contribution in [3.05, 3.63) is 127 Å². The number of amides is 2. The number of benzene rings is 3. The maximum atomic E-state index is 14.2. The summed E-state index contributed by atoms with van der Waals surface area (Å²) in [5.74, 6) is -0.451. The molecule has 0 unspecified atom stereocenters. The van der Waals surface area contributed by atoms with Gasteiger partial charge < -0.3 is 15.5 Å². The molecule has 44 heavy (non-hydrogen) atoms. The van der Waals surface area contributed by atoms with Crippen LogP contribution >= 0.6 is 15.9 Å². The number of carbonyl (C=O) groups is 2. The van der Waals surface area contributed by atoms with Crippen LogP contribution in [0.4, 0.5) is 5.69 Å². The van der Waals surface area contributed by atoms with E-state index < -0.39 is 0 Å². The summed E-state index contributed by atoms with van der Waals surface area (Å²) in [5, 5.41) is 20.2. The van der Waals surface area contributed by atoms with E-state index in [1.54, 1.807) is 69.7 Å². The van der Waals surface area contributed by atoms with Gasteiger partial charge in [0.1, 0.15) is 6.07 Å². The number of hydrogen-bond donors (Lipinski definition) is 2. The van der Waals surface area contributed by atoms with Crippen LogP contribution < -0.4 is 16.2 Å². The number of nitrogens with one attached hydrogen (secondary N) is 2. The molecule has 0 radical (unpaired) electrons. The molecule has 2 N–H and O–H groups in total. The minimum atomic E-state index is -0.230. The van der Waals surface area contributed by atoms with Gasteiger partial charge in [0.2, 0.25) is 0 Å². The summed E-state index contributed by atoms with van der Waals surface area (Å²) in [6.07, 6.45) is 2.02. The Morgan fingerprint density at radius 2 is 1.77 bits per heavy atom. The minimum Gasteiger partial charge on any atom is -0.377 e. The fourth-order valence-corrected chi connectivity index (χ4v) is 5.77. The molecule has 2 aromatic heterocycles. The molecule has 5 aromatic rings. The highest BCUT2D eigenvalue weighted by atomic mass is 79.9. The molecule has 1 aliphatic heterocycles. The third-order valence-corrected chi connectivity index (χ3v) is 8.52. The molecule has 2 amide bonds. The highest BCUT2D eigenvalue weighted by Crippen LogP contribution is 2.27. The van der Waals surface area contributed by atoms with Crippen molar-refractivity contribution in [2.24, 2.45) is 0 Å². The van der Waals surface area contributed by atoms with Gasteiger partial charge in [-0.25, -0.2) is 4.52 Å². The van der Waals surface area contributed by atoms with E-state index in [2.05, 4.69) is 32.6 Å². The molecule has 0 saturated heterocycles. The number of rotatable bonds is 6. The predicted octanol–water partition coefficient (Wildman–Crippen LogP) is 4.60. The number of carbonyl (C=O) groups excluding carboxylic acids is 2. The molecular formula is C33H28BrN7O3. The van der Waals surface area contributed by atoms with Crippen molar-refractivity contribution in [3.8, 4) is 11.8 Å². The van der Waals surface area contributed by atoms with E-state index in [1.807, 2.05) is 31.2 Å². The van der Waals surface area contributed by atoms with Crippen LogP contribution in [0.1, 0.15) is 48.7 Å². The standard InChI is InChI=1S/C33H28BrN7O3/c1-20-3-5-21(6-4-20)17-37-28-18-38-41-29-19-39(32(43)23-9-12-27(34)24(15-23)16-35)14-13-26(29)33(44)40(31(28)41)25-10-7-22(8-11-25)30(42)36-2/h3-12,15,18,37H,13-14,17,19H2,1-2H3,(H,36,42). The largest absolute Gasteiger partial charge is 0.377 e. The normalized spacial score (nSPS) is 12.5. The van der Waals surface area contributed by atoms with Gasteiger partial charge in [-0.05, 0) is 77.3 Å². The number of nitrogens with zero attached hydrogens (tertiary/aromatic N) is 5. The van der Waals surface area contributed by atoms with E-state index in [0.29, 0.717) is 69.0 Å². The molecule has 1 aliphatic rings. The average Bonchev–Trinajstić information content (AvgIpc) is 3.48. The number of nitriles is 1. The Labute approximate surface area is 261 Å². The lowest BCUT2D eigenvalue weighted by Gasteiger charge is -2.29. The van der Waals surface area contributed by atoms with Crippen LogP contribution in [0, 0.1) is 18.3 Å². The van der Waals surface area contributed by atoms with Crippen molar-refractivity contribution in [2.75, 3.05) is 18.9 Å². The first kappa shape index (κ1) is 28.9. The SMILES string of the molecule is CNC(=O)c1ccc(-n2c(=O)c3c(n4ncc(NCc5ccc(C)cc5)c24)CN(C(=O)c2ccc(Br)c(C#N)c2)CC3)cc1. The summed E-state index contributed by atoms with van der Waals surface area (Å²) >= 11 is 3.34. The zero-order valence-electron chi connectivity index (χ0n) is 24.1. The molecule has 0 fully saturated rings. The van der Waals surface area contributed by atoms with Gasteiger partial charge in [-0.3, -0.25) is 19.0 Å². The minimum absolute atomic E-state index is 0.174. The second-order valence-electron chi connectivity index (χ2n) is 10.6. The lowest BCUT2D eigenvalue weighted by molar-refractivity contribution is 0.0729. The first-order valence-corrected chi connectivity index (χ1v) is 14.8. The Morgan fingerprint density at radius 1 is 1.05 bits per heavy atom. The lowest BCUT2D eigenvalue weighted by atomic mass is 10.0. The molecular weight excluding hydrogens is 622 g/mol. The van der Waals surface area contributed by atoms with Crippen molar-refractivity contribution >= 4 is 39.1 Å². The molecule has 0 saturated carbocycles. The van der Waals surface area contributed by atoms with E-state index in [0.717, 1.165) is 11.1 Å². The molecule has 6 rings (SSSR count). The summed E-state index contributed by atoms with van der Waals surface area (Å²) in [6.45, 7) is 3.05. The van der Waals surface area contributed by atoms with Crippen molar-refractivity contribution in [1.29, 1.82) is 5.26 Å². The quantitative estimate of drug-likeness (QED) is 0.277. The van der Waals surface area contributed by atoms with Crippen molar-refractivity contribution in [2.45, 2.75) is 26.4 Å². The Morgan fingerprint density at radius 3 is 2.48 bits per heavy atom. The highest BCUT2D eigenvalue weighted by molar-refractivity contribution is 9.10. The number of aromatic nitrogens is 3. The van der Waals surface area contributed by atoms with Crippen molar-refractivity contribution < 1.29 is 9.59 Å². The Hall–Kier alpha value is -5.21. The number of anilines is 1. The molecule has 10 nitrogen and oxygen atoms in total. The smallest absolute Gasteiger partial charge is 0.261 e. The van der Waals surface area contributed by atoms with E-state index >= 15 is 0 Å².